The Hall–Kier alpha value is -2.26. The van der Waals surface area contributed by atoms with E-state index in [1.54, 1.807) is 24.5 Å². The van der Waals surface area contributed by atoms with Gasteiger partial charge in [0, 0.05) is 43.8 Å². The molecule has 1 aromatic heterocycles. The molecule has 2 aliphatic rings. The number of rotatable bonds is 9. The summed E-state index contributed by atoms with van der Waals surface area (Å²) in [5.74, 6) is -1.87. The molecule has 0 atom stereocenters. The van der Waals surface area contributed by atoms with Gasteiger partial charge in [-0.15, -0.1) is 0 Å². The lowest BCUT2D eigenvalue weighted by Gasteiger charge is -2.37. The largest absolute Gasteiger partial charge is 0.477 e. The van der Waals surface area contributed by atoms with Crippen LogP contribution in [0.3, 0.4) is 0 Å². The van der Waals surface area contributed by atoms with Crippen LogP contribution in [0.2, 0.25) is 0 Å². The minimum atomic E-state index is -3.20. The average molecular weight is 481 g/mol. The SMILES string of the molecule is CCOP(=O)(CN1CCN(c2cc3c(cc2F)c(=O)c(C(=O)O)cn3C2CC2)CC1)OCC. The molecule has 1 saturated carbocycles. The Morgan fingerprint density at radius 1 is 1.15 bits per heavy atom. The number of carboxylic acids is 1. The van der Waals surface area contributed by atoms with Gasteiger partial charge in [-0.3, -0.25) is 14.3 Å². The highest BCUT2D eigenvalue weighted by molar-refractivity contribution is 7.53. The standard InChI is InChI=1S/C22H29FN3O6P/c1-3-31-33(30,32-4-2)14-24-7-9-25(10-8-24)20-12-19-16(11-18(20)23)21(27)17(22(28)29)13-26(19)15-5-6-15/h11-13,15H,3-10,14H2,1-2H3,(H,28,29). The van der Waals surface area contributed by atoms with Crippen molar-refractivity contribution in [3.05, 3.63) is 39.9 Å². The molecule has 0 radical (unpaired) electrons. The molecular formula is C22H29FN3O6P. The van der Waals surface area contributed by atoms with Crippen molar-refractivity contribution in [1.29, 1.82) is 0 Å². The number of aromatic nitrogens is 1. The number of pyridine rings is 1. The van der Waals surface area contributed by atoms with E-state index in [0.29, 0.717) is 50.6 Å². The predicted molar refractivity (Wildman–Crippen MR) is 123 cm³/mol. The van der Waals surface area contributed by atoms with Crippen molar-refractivity contribution in [2.75, 3.05) is 50.6 Å². The monoisotopic (exact) mass is 481 g/mol. The van der Waals surface area contributed by atoms with Gasteiger partial charge in [-0.1, -0.05) is 0 Å². The number of piperazine rings is 1. The summed E-state index contributed by atoms with van der Waals surface area (Å²) in [6, 6.07) is 2.92. The van der Waals surface area contributed by atoms with Crippen LogP contribution < -0.4 is 10.3 Å². The second kappa shape index (κ2) is 9.54. The molecule has 0 unspecified atom stereocenters. The van der Waals surface area contributed by atoms with Crippen LogP contribution in [-0.2, 0) is 13.6 Å². The highest BCUT2D eigenvalue weighted by atomic mass is 31.2. The summed E-state index contributed by atoms with van der Waals surface area (Å²) in [4.78, 5) is 28.1. The molecule has 0 bridgehead atoms. The lowest BCUT2D eigenvalue weighted by Crippen LogP contribution is -2.47. The fourth-order valence-electron chi connectivity index (χ4n) is 4.30. The number of hydrogen-bond donors (Lipinski definition) is 1. The van der Waals surface area contributed by atoms with E-state index in [2.05, 4.69) is 0 Å². The number of fused-ring (bicyclic) bond motifs is 1. The molecule has 4 rings (SSSR count). The smallest absolute Gasteiger partial charge is 0.344 e. The van der Waals surface area contributed by atoms with E-state index < -0.39 is 24.8 Å². The molecule has 0 amide bonds. The van der Waals surface area contributed by atoms with Crippen molar-refractivity contribution < 1.29 is 27.9 Å². The molecule has 11 heteroatoms. The zero-order chi connectivity index (χ0) is 23.8. The lowest BCUT2D eigenvalue weighted by atomic mass is 10.1. The summed E-state index contributed by atoms with van der Waals surface area (Å²) >= 11 is 0. The third kappa shape index (κ3) is 4.99. The summed E-state index contributed by atoms with van der Waals surface area (Å²) in [5.41, 5.74) is -0.101. The van der Waals surface area contributed by atoms with Gasteiger partial charge in [-0.25, -0.2) is 9.18 Å². The van der Waals surface area contributed by atoms with Gasteiger partial charge in [-0.05, 0) is 38.8 Å². The first-order valence-electron chi connectivity index (χ1n) is 11.2. The molecule has 9 nitrogen and oxygen atoms in total. The van der Waals surface area contributed by atoms with Crippen molar-refractivity contribution in [2.24, 2.45) is 0 Å². The molecule has 1 aliphatic carbocycles. The van der Waals surface area contributed by atoms with Gasteiger partial charge >= 0.3 is 13.6 Å². The Morgan fingerprint density at radius 2 is 1.79 bits per heavy atom. The first-order chi connectivity index (χ1) is 15.8. The first-order valence-corrected chi connectivity index (χ1v) is 13.0. The van der Waals surface area contributed by atoms with E-state index in [-0.39, 0.29) is 23.3 Å². The second-order valence-electron chi connectivity index (χ2n) is 8.33. The van der Waals surface area contributed by atoms with E-state index in [9.17, 15) is 19.3 Å². The summed E-state index contributed by atoms with van der Waals surface area (Å²) in [6.45, 7) is 6.24. The Bertz CT molecular complexity index is 1150. The minimum Gasteiger partial charge on any atom is -0.477 e. The van der Waals surface area contributed by atoms with Gasteiger partial charge < -0.3 is 23.6 Å². The molecule has 180 valence electrons. The van der Waals surface area contributed by atoms with Crippen molar-refractivity contribution in [3.8, 4) is 0 Å². The summed E-state index contributed by atoms with van der Waals surface area (Å²) < 4.78 is 40.5. The zero-order valence-corrected chi connectivity index (χ0v) is 19.7. The van der Waals surface area contributed by atoms with Gasteiger partial charge in [-0.2, -0.15) is 0 Å². The molecule has 1 aromatic carbocycles. The van der Waals surface area contributed by atoms with Crippen molar-refractivity contribution in [3.63, 3.8) is 0 Å². The van der Waals surface area contributed by atoms with Crippen LogP contribution in [0.25, 0.3) is 10.9 Å². The predicted octanol–water partition coefficient (Wildman–Crippen LogP) is 3.52. The number of anilines is 1. The maximum atomic E-state index is 15.1. The van der Waals surface area contributed by atoms with Gasteiger partial charge in [0.1, 0.15) is 17.7 Å². The number of carboxylic acid groups (broad SMARTS) is 1. The second-order valence-corrected chi connectivity index (χ2v) is 10.4. The van der Waals surface area contributed by atoms with Gasteiger partial charge in [0.25, 0.3) is 0 Å². The van der Waals surface area contributed by atoms with Gasteiger partial charge in [0.2, 0.25) is 5.43 Å². The van der Waals surface area contributed by atoms with E-state index in [4.69, 9.17) is 9.05 Å². The van der Waals surface area contributed by atoms with E-state index in [0.717, 1.165) is 18.9 Å². The topological polar surface area (TPSA) is 101 Å². The Kier molecular flexibility index (Phi) is 6.91. The van der Waals surface area contributed by atoms with Crippen LogP contribution in [0.4, 0.5) is 10.1 Å². The number of benzene rings is 1. The van der Waals surface area contributed by atoms with Crippen molar-refractivity contribution in [1.82, 2.24) is 9.47 Å². The zero-order valence-electron chi connectivity index (χ0n) is 18.8. The van der Waals surface area contributed by atoms with Crippen LogP contribution in [-0.4, -0.2) is 66.2 Å². The van der Waals surface area contributed by atoms with Gasteiger partial charge in [0.05, 0.1) is 24.4 Å². The number of nitrogens with zero attached hydrogens (tertiary/aromatic N) is 3. The van der Waals surface area contributed by atoms with Gasteiger partial charge in [0.15, 0.2) is 0 Å². The Labute approximate surface area is 191 Å². The molecule has 33 heavy (non-hydrogen) atoms. The van der Waals surface area contributed by atoms with Crippen LogP contribution in [0, 0.1) is 5.82 Å². The van der Waals surface area contributed by atoms with E-state index in [1.165, 1.54) is 6.20 Å². The molecular weight excluding hydrogens is 452 g/mol. The van der Waals surface area contributed by atoms with E-state index >= 15 is 4.39 Å². The van der Waals surface area contributed by atoms with Crippen LogP contribution in [0.15, 0.2) is 23.1 Å². The van der Waals surface area contributed by atoms with E-state index in [1.807, 2.05) is 9.80 Å². The summed E-state index contributed by atoms with van der Waals surface area (Å²) in [7, 11) is -3.20. The van der Waals surface area contributed by atoms with Crippen LogP contribution in [0.5, 0.6) is 0 Å². The maximum Gasteiger partial charge on any atom is 0.344 e. The van der Waals surface area contributed by atoms with Crippen molar-refractivity contribution in [2.45, 2.75) is 32.7 Å². The Balaban J connectivity index is 1.59. The molecule has 0 spiro atoms. The van der Waals surface area contributed by atoms with Crippen molar-refractivity contribution >= 4 is 30.2 Å². The Morgan fingerprint density at radius 3 is 2.33 bits per heavy atom. The fourth-order valence-corrected chi connectivity index (χ4v) is 6.09. The number of carbonyl (C=O) groups is 1. The highest BCUT2D eigenvalue weighted by Crippen LogP contribution is 2.48. The molecule has 1 saturated heterocycles. The number of hydrogen-bond acceptors (Lipinski definition) is 7. The molecule has 1 aliphatic heterocycles. The third-order valence-electron chi connectivity index (χ3n) is 6.01. The molecule has 1 N–H and O–H groups in total. The quantitative estimate of drug-likeness (QED) is 0.543. The first kappa shape index (κ1) is 23.9. The van der Waals surface area contributed by atoms with Crippen LogP contribution >= 0.6 is 7.60 Å². The number of halogens is 1. The minimum absolute atomic E-state index is 0.0797. The lowest BCUT2D eigenvalue weighted by molar-refractivity contribution is 0.0694. The fraction of sp³-hybridized carbons (Fsp3) is 0.545. The summed E-state index contributed by atoms with van der Waals surface area (Å²) in [6.07, 6.45) is 3.34. The normalized spacial score (nSPS) is 17.6. The maximum absolute atomic E-state index is 15.1. The highest BCUT2D eigenvalue weighted by Gasteiger charge is 2.31. The number of aromatic carboxylic acids is 1. The summed E-state index contributed by atoms with van der Waals surface area (Å²) in [5, 5.41) is 9.47. The average Bonchev–Trinajstić information content (AvgIpc) is 3.60. The molecule has 2 fully saturated rings. The van der Waals surface area contributed by atoms with Crippen LogP contribution in [0.1, 0.15) is 43.1 Å². The third-order valence-corrected chi connectivity index (χ3v) is 8.06. The molecule has 2 heterocycles. The molecule has 2 aromatic rings.